The number of hydrogen-bond donors (Lipinski definition) is 0. The summed E-state index contributed by atoms with van der Waals surface area (Å²) in [4.78, 5) is 20.9. The molecule has 4 heterocycles. The molecule has 228 valence electrons. The highest BCUT2D eigenvalue weighted by atomic mass is 19.4. The Morgan fingerprint density at radius 1 is 0.727 bits per heavy atom. The van der Waals surface area contributed by atoms with E-state index in [0.29, 0.717) is 30.2 Å². The van der Waals surface area contributed by atoms with Crippen LogP contribution in [0.25, 0.3) is 33.1 Å². The van der Waals surface area contributed by atoms with Crippen molar-refractivity contribution in [3.8, 4) is 11.3 Å². The predicted octanol–water partition coefficient (Wildman–Crippen LogP) is 7.71. The van der Waals surface area contributed by atoms with Gasteiger partial charge < -0.3 is 18.6 Å². The first kappa shape index (κ1) is 29.3. The van der Waals surface area contributed by atoms with E-state index >= 15 is 0 Å². The Hall–Kier alpha value is -4.75. The summed E-state index contributed by atoms with van der Waals surface area (Å²) in [5.41, 5.74) is 2.56. The fraction of sp³-hybridized carbons (Fsp3) is 0.290. The third kappa shape index (κ3) is 5.75. The number of aromatic nitrogens is 2. The van der Waals surface area contributed by atoms with E-state index in [9.17, 15) is 33.4 Å². The maximum absolute atomic E-state index is 12.8. The largest absolute Gasteiger partial charge is 0.416 e. The van der Waals surface area contributed by atoms with Crippen LogP contribution in [0.3, 0.4) is 0 Å². The zero-order valence-corrected chi connectivity index (χ0v) is 23.3. The van der Waals surface area contributed by atoms with Crippen LogP contribution in [0.5, 0.6) is 0 Å². The molecule has 0 bridgehead atoms. The van der Waals surface area contributed by atoms with Crippen LogP contribution in [0, 0.1) is 20.2 Å². The minimum Gasteiger partial charge on any atom is -0.379 e. The van der Waals surface area contributed by atoms with Crippen LogP contribution in [0.15, 0.2) is 79.0 Å². The zero-order chi connectivity index (χ0) is 31.0. The molecule has 0 saturated carbocycles. The first-order valence-corrected chi connectivity index (χ1v) is 14.0. The molecule has 2 aliphatic heterocycles. The van der Waals surface area contributed by atoms with Crippen LogP contribution in [-0.2, 0) is 15.7 Å². The fourth-order valence-corrected chi connectivity index (χ4v) is 5.83. The summed E-state index contributed by atoms with van der Waals surface area (Å²) < 4.78 is 53.5. The number of hydrogen-bond acceptors (Lipinski definition) is 6. The molecule has 2 aliphatic rings. The van der Waals surface area contributed by atoms with E-state index in [1.165, 1.54) is 24.3 Å². The van der Waals surface area contributed by atoms with Gasteiger partial charge in [-0.2, -0.15) is 13.2 Å². The van der Waals surface area contributed by atoms with Crippen molar-refractivity contribution in [3.63, 3.8) is 0 Å². The molecule has 0 spiro atoms. The Balaban J connectivity index is 0.000000173. The number of halogens is 3. The maximum Gasteiger partial charge on any atom is 0.416 e. The maximum atomic E-state index is 12.8. The van der Waals surface area contributed by atoms with Gasteiger partial charge in [-0.25, -0.2) is 0 Å². The SMILES string of the molecule is O=[N+]([O-])c1ccc2c(c1)cc(-c1ccc(C(F)(F)F)cc1)n2[C@H]1CCOC1.O=[N+]([O-])c1ccc2c(ccn2[C@H]2CCOC2)c1. The number of ether oxygens (including phenoxy) is 2. The molecule has 7 rings (SSSR count). The predicted molar refractivity (Wildman–Crippen MR) is 157 cm³/mol. The highest BCUT2D eigenvalue weighted by Crippen LogP contribution is 2.37. The summed E-state index contributed by atoms with van der Waals surface area (Å²) in [6.07, 6.45) is -0.645. The van der Waals surface area contributed by atoms with Crippen LogP contribution in [0.1, 0.15) is 30.5 Å². The topological polar surface area (TPSA) is 115 Å². The molecule has 2 saturated heterocycles. The van der Waals surface area contributed by atoms with E-state index in [1.807, 2.05) is 22.9 Å². The van der Waals surface area contributed by atoms with Crippen molar-refractivity contribution >= 4 is 33.2 Å². The normalized spacial score (nSPS) is 18.4. The number of fused-ring (bicyclic) bond motifs is 2. The zero-order valence-electron chi connectivity index (χ0n) is 23.3. The van der Waals surface area contributed by atoms with Crippen LogP contribution >= 0.6 is 0 Å². The second-order valence-electron chi connectivity index (χ2n) is 10.7. The van der Waals surface area contributed by atoms with Gasteiger partial charge >= 0.3 is 6.18 Å². The van der Waals surface area contributed by atoms with Crippen LogP contribution < -0.4 is 0 Å². The number of benzene rings is 3. The lowest BCUT2D eigenvalue weighted by Gasteiger charge is -2.17. The Morgan fingerprint density at radius 3 is 1.89 bits per heavy atom. The van der Waals surface area contributed by atoms with E-state index in [1.54, 1.807) is 24.3 Å². The molecular formula is C31H27F3N4O6. The Morgan fingerprint density at radius 2 is 1.32 bits per heavy atom. The molecule has 44 heavy (non-hydrogen) atoms. The minimum absolute atomic E-state index is 0.0266. The van der Waals surface area contributed by atoms with Crippen molar-refractivity contribution < 1.29 is 32.5 Å². The first-order chi connectivity index (χ1) is 21.1. The van der Waals surface area contributed by atoms with Crippen LogP contribution in [0.4, 0.5) is 24.5 Å². The van der Waals surface area contributed by atoms with E-state index in [0.717, 1.165) is 60.3 Å². The van der Waals surface area contributed by atoms with E-state index in [-0.39, 0.29) is 22.3 Å². The van der Waals surface area contributed by atoms with Gasteiger partial charge in [0.1, 0.15) is 0 Å². The molecule has 2 fully saturated rings. The van der Waals surface area contributed by atoms with Gasteiger partial charge in [0.2, 0.25) is 0 Å². The van der Waals surface area contributed by atoms with Gasteiger partial charge in [0, 0.05) is 71.2 Å². The van der Waals surface area contributed by atoms with Gasteiger partial charge in [0.05, 0.1) is 40.7 Å². The number of rotatable bonds is 5. The van der Waals surface area contributed by atoms with Crippen molar-refractivity contribution in [2.24, 2.45) is 0 Å². The van der Waals surface area contributed by atoms with E-state index < -0.39 is 16.7 Å². The van der Waals surface area contributed by atoms with Crippen LogP contribution in [0.2, 0.25) is 0 Å². The van der Waals surface area contributed by atoms with Gasteiger partial charge in [0.15, 0.2) is 0 Å². The molecule has 0 aliphatic carbocycles. The third-order valence-electron chi connectivity index (χ3n) is 8.03. The second kappa shape index (κ2) is 11.7. The van der Waals surface area contributed by atoms with Crippen LogP contribution in [-0.4, -0.2) is 45.4 Å². The molecule has 10 nitrogen and oxygen atoms in total. The molecule has 2 aromatic heterocycles. The van der Waals surface area contributed by atoms with Gasteiger partial charge in [-0.1, -0.05) is 12.1 Å². The van der Waals surface area contributed by atoms with Crippen molar-refractivity contribution in [3.05, 3.63) is 105 Å². The summed E-state index contributed by atoms with van der Waals surface area (Å²) in [5.74, 6) is 0. The molecule has 0 unspecified atom stereocenters. The number of nitro benzene ring substituents is 2. The standard InChI is InChI=1S/C19H15F3N2O3.C12H12N2O3/c20-19(21,22)14-3-1-12(2-4-14)18-10-13-9-15(24(25)26)5-6-17(13)23(18)16-7-8-27-11-16;15-14(16)10-1-2-12-9(7-10)3-5-13(12)11-4-6-17-8-11/h1-6,9-10,16H,7-8,11H2;1-3,5,7,11H,4,6,8H2/t16-;11-/m00/s1. The lowest BCUT2D eigenvalue weighted by atomic mass is 10.1. The lowest BCUT2D eigenvalue weighted by Crippen LogP contribution is -2.10. The Labute approximate surface area is 248 Å². The van der Waals surface area contributed by atoms with Gasteiger partial charge in [-0.05, 0) is 54.8 Å². The quantitative estimate of drug-likeness (QED) is 0.149. The van der Waals surface area contributed by atoms with Crippen molar-refractivity contribution in [2.45, 2.75) is 31.1 Å². The number of nitro groups is 2. The summed E-state index contributed by atoms with van der Waals surface area (Å²) in [6.45, 7) is 2.61. The average molecular weight is 609 g/mol. The number of non-ortho nitro benzene ring substituents is 2. The van der Waals surface area contributed by atoms with Crippen molar-refractivity contribution in [1.29, 1.82) is 0 Å². The van der Waals surface area contributed by atoms with Gasteiger partial charge in [0.25, 0.3) is 11.4 Å². The minimum atomic E-state index is -4.40. The highest BCUT2D eigenvalue weighted by molar-refractivity contribution is 5.89. The highest BCUT2D eigenvalue weighted by Gasteiger charge is 2.30. The molecule has 0 amide bonds. The molecule has 13 heteroatoms. The Bertz CT molecular complexity index is 1840. The van der Waals surface area contributed by atoms with E-state index in [2.05, 4.69) is 4.57 Å². The van der Waals surface area contributed by atoms with Gasteiger partial charge in [-0.15, -0.1) is 0 Å². The van der Waals surface area contributed by atoms with E-state index in [4.69, 9.17) is 9.47 Å². The fourth-order valence-electron chi connectivity index (χ4n) is 5.83. The molecule has 5 aromatic rings. The lowest BCUT2D eigenvalue weighted by molar-refractivity contribution is -0.384. The summed E-state index contributed by atoms with van der Waals surface area (Å²) in [5, 5.41) is 23.3. The van der Waals surface area contributed by atoms with Gasteiger partial charge in [-0.3, -0.25) is 20.2 Å². The molecule has 0 N–H and O–H groups in total. The summed E-state index contributed by atoms with van der Waals surface area (Å²) in [6, 6.07) is 18.6. The summed E-state index contributed by atoms with van der Waals surface area (Å²) >= 11 is 0. The monoisotopic (exact) mass is 608 g/mol. The number of nitrogens with zero attached hydrogens (tertiary/aromatic N) is 4. The molecule has 2 atom stereocenters. The first-order valence-electron chi connectivity index (χ1n) is 14.0. The average Bonchev–Trinajstić information content (AvgIpc) is 3.82. The third-order valence-corrected chi connectivity index (χ3v) is 8.03. The summed E-state index contributed by atoms with van der Waals surface area (Å²) in [7, 11) is 0. The molecule has 0 radical (unpaired) electrons. The van der Waals surface area contributed by atoms with Crippen molar-refractivity contribution in [2.75, 3.05) is 26.4 Å². The Kier molecular flexibility index (Phi) is 7.82. The molecular weight excluding hydrogens is 581 g/mol. The number of alkyl halides is 3. The van der Waals surface area contributed by atoms with Crippen molar-refractivity contribution in [1.82, 2.24) is 9.13 Å². The smallest absolute Gasteiger partial charge is 0.379 e. The second-order valence-corrected chi connectivity index (χ2v) is 10.7. The molecule has 3 aromatic carbocycles.